The van der Waals surface area contributed by atoms with E-state index in [0.29, 0.717) is 13.1 Å². The number of likely N-dealkylation sites (N-methyl/N-ethyl adjacent to an activating group) is 1. The first-order chi connectivity index (χ1) is 15.5. The molecular formula is C26H37N3O3. The molecule has 6 nitrogen and oxygen atoms in total. The summed E-state index contributed by atoms with van der Waals surface area (Å²) in [5, 5.41) is 16.8. The topological polar surface area (TPSA) is 73.8 Å². The van der Waals surface area contributed by atoms with E-state index in [-0.39, 0.29) is 23.3 Å². The van der Waals surface area contributed by atoms with E-state index >= 15 is 0 Å². The predicted octanol–water partition coefficient (Wildman–Crippen LogP) is 3.99. The van der Waals surface area contributed by atoms with Crippen LogP contribution in [0, 0.1) is 0 Å². The Hall–Kier alpha value is -2.73. The van der Waals surface area contributed by atoms with Gasteiger partial charge in [0.2, 0.25) is 5.91 Å². The van der Waals surface area contributed by atoms with Crippen LogP contribution < -0.4 is 15.4 Å². The van der Waals surface area contributed by atoms with Crippen molar-refractivity contribution in [1.29, 1.82) is 0 Å². The summed E-state index contributed by atoms with van der Waals surface area (Å²) in [4.78, 5) is 14.5. The Balaban J connectivity index is 0.00000141. The molecule has 1 aromatic rings. The zero-order valence-corrected chi connectivity index (χ0v) is 19.8. The molecule has 0 aliphatic carbocycles. The summed E-state index contributed by atoms with van der Waals surface area (Å²) in [5.74, 6) is 1.09. The van der Waals surface area contributed by atoms with E-state index in [4.69, 9.17) is 4.74 Å². The average Bonchev–Trinajstić information content (AvgIpc) is 3.06. The van der Waals surface area contributed by atoms with Crippen LogP contribution in [0.25, 0.3) is 5.57 Å². The zero-order chi connectivity index (χ0) is 23.1. The molecule has 0 aromatic heterocycles. The van der Waals surface area contributed by atoms with Gasteiger partial charge in [0.05, 0.1) is 0 Å². The number of fused-ring (bicyclic) bond motifs is 1. The van der Waals surface area contributed by atoms with Crippen LogP contribution in [0.1, 0.15) is 52.5 Å². The molecule has 3 N–H and O–H groups in total. The van der Waals surface area contributed by atoms with Crippen molar-refractivity contribution >= 4 is 11.5 Å². The van der Waals surface area contributed by atoms with E-state index in [1.54, 1.807) is 12.1 Å². The van der Waals surface area contributed by atoms with Gasteiger partial charge in [0.1, 0.15) is 23.1 Å². The van der Waals surface area contributed by atoms with Crippen LogP contribution in [0.5, 0.6) is 11.5 Å². The number of amides is 1. The summed E-state index contributed by atoms with van der Waals surface area (Å²) < 4.78 is 6.48. The number of dihydropyridines is 1. The molecule has 3 aliphatic heterocycles. The van der Waals surface area contributed by atoms with Gasteiger partial charge in [0.15, 0.2) is 0 Å². The molecule has 3 aliphatic rings. The molecule has 32 heavy (non-hydrogen) atoms. The lowest BCUT2D eigenvalue weighted by Crippen LogP contribution is -2.44. The molecule has 174 valence electrons. The maximum Gasteiger partial charge on any atom is 0.249 e. The summed E-state index contributed by atoms with van der Waals surface area (Å²) in [6, 6.07) is 4.93. The lowest BCUT2D eigenvalue weighted by Gasteiger charge is -2.37. The summed E-state index contributed by atoms with van der Waals surface area (Å²) in [5.41, 5.74) is 2.55. The van der Waals surface area contributed by atoms with Gasteiger partial charge < -0.3 is 25.4 Å². The van der Waals surface area contributed by atoms with Crippen molar-refractivity contribution in [3.8, 4) is 11.5 Å². The number of nitrogens with one attached hydrogen (secondary N) is 2. The fourth-order valence-electron chi connectivity index (χ4n) is 4.49. The standard InChI is InChI=1S/C24H31N3O3.C2H6/c1-3-27(4-2)23(29)21-8-6-17(16-26-21)20-15-24(10-5-12-25-13-11-24)30-22-9-7-18(28)14-19(20)22;1-2/h6-9,14-16,21,25-26,28H,3-5,10-13H2,1-2H3;1-2H3. The summed E-state index contributed by atoms with van der Waals surface area (Å²) >= 11 is 0. The Kier molecular flexibility index (Phi) is 8.02. The highest BCUT2D eigenvalue weighted by atomic mass is 16.5. The van der Waals surface area contributed by atoms with Crippen LogP contribution >= 0.6 is 0 Å². The summed E-state index contributed by atoms with van der Waals surface area (Å²) in [6.45, 7) is 11.3. The molecule has 4 rings (SSSR count). The highest BCUT2D eigenvalue weighted by molar-refractivity contribution is 5.89. The van der Waals surface area contributed by atoms with Crippen molar-refractivity contribution in [1.82, 2.24) is 15.5 Å². The van der Waals surface area contributed by atoms with Crippen LogP contribution in [-0.2, 0) is 4.79 Å². The largest absolute Gasteiger partial charge is 0.508 e. The number of rotatable bonds is 4. The minimum atomic E-state index is -0.356. The first-order valence-electron chi connectivity index (χ1n) is 11.9. The van der Waals surface area contributed by atoms with Gasteiger partial charge >= 0.3 is 0 Å². The van der Waals surface area contributed by atoms with Crippen LogP contribution in [0.4, 0.5) is 0 Å². The van der Waals surface area contributed by atoms with Gasteiger partial charge in [0.25, 0.3) is 0 Å². The number of hydrogen-bond donors (Lipinski definition) is 3. The maximum absolute atomic E-state index is 12.7. The van der Waals surface area contributed by atoms with E-state index in [0.717, 1.165) is 54.8 Å². The molecule has 0 saturated carbocycles. The molecule has 0 radical (unpaired) electrons. The highest BCUT2D eigenvalue weighted by Crippen LogP contribution is 2.44. The summed E-state index contributed by atoms with van der Waals surface area (Å²) in [6.07, 6.45) is 10.9. The SMILES string of the molecule is CC.CCN(CC)C(=O)C1C=CC(C2=CC3(CCCNCC3)Oc3ccc(O)cc32)=CN1. The number of benzene rings is 1. The fraction of sp³-hybridized carbons (Fsp3) is 0.500. The van der Waals surface area contributed by atoms with Gasteiger partial charge in [-0.25, -0.2) is 0 Å². The van der Waals surface area contributed by atoms with Crippen LogP contribution in [-0.4, -0.2) is 53.7 Å². The van der Waals surface area contributed by atoms with Gasteiger partial charge in [-0.1, -0.05) is 26.0 Å². The molecular weight excluding hydrogens is 402 g/mol. The second kappa shape index (κ2) is 10.7. The second-order valence-electron chi connectivity index (χ2n) is 8.12. The third kappa shape index (κ3) is 5.01. The number of allylic oxidation sites excluding steroid dienone is 3. The van der Waals surface area contributed by atoms with Crippen molar-refractivity contribution in [2.45, 2.75) is 58.6 Å². The van der Waals surface area contributed by atoms with Crippen LogP contribution in [0.15, 0.2) is 48.2 Å². The molecule has 2 unspecified atom stereocenters. The molecule has 1 aromatic carbocycles. The van der Waals surface area contributed by atoms with Crippen LogP contribution in [0.3, 0.4) is 0 Å². The minimum absolute atomic E-state index is 0.0804. The quantitative estimate of drug-likeness (QED) is 0.662. The molecule has 1 amide bonds. The van der Waals surface area contributed by atoms with E-state index < -0.39 is 0 Å². The molecule has 1 fully saturated rings. The minimum Gasteiger partial charge on any atom is -0.508 e. The van der Waals surface area contributed by atoms with Crippen LogP contribution in [0.2, 0.25) is 0 Å². The first kappa shape index (κ1) is 23.9. The average molecular weight is 440 g/mol. The van der Waals surface area contributed by atoms with Gasteiger partial charge in [-0.3, -0.25) is 4.79 Å². The second-order valence-corrected chi connectivity index (χ2v) is 8.12. The first-order valence-corrected chi connectivity index (χ1v) is 11.9. The smallest absolute Gasteiger partial charge is 0.249 e. The number of ether oxygens (including phenoxy) is 1. The maximum atomic E-state index is 12.7. The number of nitrogens with zero attached hydrogens (tertiary/aromatic N) is 1. The van der Waals surface area contributed by atoms with Crippen molar-refractivity contribution in [3.05, 3.63) is 53.8 Å². The molecule has 2 atom stereocenters. The third-order valence-corrected chi connectivity index (χ3v) is 6.19. The Morgan fingerprint density at radius 1 is 1.22 bits per heavy atom. The van der Waals surface area contributed by atoms with Gasteiger partial charge in [-0.15, -0.1) is 0 Å². The van der Waals surface area contributed by atoms with Gasteiger partial charge in [-0.2, -0.15) is 0 Å². The number of carbonyl (C=O) groups excluding carboxylic acids is 1. The van der Waals surface area contributed by atoms with E-state index in [1.165, 1.54) is 0 Å². The Labute approximate surface area is 192 Å². The lowest BCUT2D eigenvalue weighted by atomic mass is 9.84. The molecule has 3 heterocycles. The van der Waals surface area contributed by atoms with Gasteiger partial charge in [-0.05, 0) is 75.2 Å². The monoisotopic (exact) mass is 439 g/mol. The summed E-state index contributed by atoms with van der Waals surface area (Å²) in [7, 11) is 0. The number of phenols is 1. The normalized spacial score (nSPS) is 23.9. The highest BCUT2D eigenvalue weighted by Gasteiger charge is 2.37. The van der Waals surface area contributed by atoms with Gasteiger partial charge in [0, 0.05) is 31.3 Å². The van der Waals surface area contributed by atoms with E-state index in [2.05, 4.69) is 16.7 Å². The molecule has 0 bridgehead atoms. The van der Waals surface area contributed by atoms with E-state index in [1.807, 2.05) is 57.0 Å². The number of phenolic OH excluding ortho intramolecular Hbond substituents is 1. The van der Waals surface area contributed by atoms with E-state index in [9.17, 15) is 9.90 Å². The zero-order valence-electron chi connectivity index (χ0n) is 19.8. The Morgan fingerprint density at radius 3 is 2.69 bits per heavy atom. The van der Waals surface area contributed by atoms with Crippen molar-refractivity contribution in [2.24, 2.45) is 0 Å². The van der Waals surface area contributed by atoms with Crippen molar-refractivity contribution in [2.75, 3.05) is 26.2 Å². The Morgan fingerprint density at radius 2 is 2.00 bits per heavy atom. The predicted molar refractivity (Wildman–Crippen MR) is 130 cm³/mol. The fourth-order valence-corrected chi connectivity index (χ4v) is 4.49. The molecule has 1 spiro atoms. The number of hydrogen-bond acceptors (Lipinski definition) is 5. The van der Waals surface area contributed by atoms with Crippen molar-refractivity contribution in [3.63, 3.8) is 0 Å². The Bertz CT molecular complexity index is 892. The molecule has 6 heteroatoms. The lowest BCUT2D eigenvalue weighted by molar-refractivity contribution is -0.131. The number of aromatic hydroxyl groups is 1. The van der Waals surface area contributed by atoms with Crippen molar-refractivity contribution < 1.29 is 14.6 Å². The molecule has 1 saturated heterocycles. The third-order valence-electron chi connectivity index (χ3n) is 6.19. The number of carbonyl (C=O) groups is 1.